The predicted octanol–water partition coefficient (Wildman–Crippen LogP) is 2.73. The molecule has 2 aliphatic heterocycles. The first kappa shape index (κ1) is 25.7. The molecule has 3 aromatic rings. The smallest absolute Gasteiger partial charge is 0.270 e. The maximum atomic E-state index is 13.7. The molecule has 11 heteroatoms. The fourth-order valence-corrected chi connectivity index (χ4v) is 5.14. The molecule has 198 valence electrons. The zero-order valence-corrected chi connectivity index (χ0v) is 22.0. The quantitative estimate of drug-likeness (QED) is 0.359. The summed E-state index contributed by atoms with van der Waals surface area (Å²) in [5.74, 6) is 1.54. The third-order valence-electron chi connectivity index (χ3n) is 6.11. The van der Waals surface area contributed by atoms with Gasteiger partial charge in [-0.15, -0.1) is 11.3 Å². The first-order valence-electron chi connectivity index (χ1n) is 12.0. The first-order chi connectivity index (χ1) is 18.1. The summed E-state index contributed by atoms with van der Waals surface area (Å²) >= 11 is 1.18. The van der Waals surface area contributed by atoms with Gasteiger partial charge in [0, 0.05) is 34.8 Å². The van der Waals surface area contributed by atoms with Crippen LogP contribution in [0.2, 0.25) is 0 Å². The molecule has 10 nitrogen and oxygen atoms in total. The zero-order valence-electron chi connectivity index (χ0n) is 21.1. The second kappa shape index (κ2) is 10.1. The summed E-state index contributed by atoms with van der Waals surface area (Å²) in [5.41, 5.74) is 0.613. The Kier molecular flexibility index (Phi) is 6.80. The summed E-state index contributed by atoms with van der Waals surface area (Å²) in [4.78, 5) is 37.7. The van der Waals surface area contributed by atoms with E-state index < -0.39 is 10.3 Å². The molecule has 0 atom stereocenters. The number of nitrogens with zero attached hydrogens (tertiary/aromatic N) is 2. The van der Waals surface area contributed by atoms with Crippen LogP contribution in [0.5, 0.6) is 17.2 Å². The van der Waals surface area contributed by atoms with Crippen LogP contribution in [0, 0.1) is 15.5 Å². The van der Waals surface area contributed by atoms with Gasteiger partial charge in [0.1, 0.15) is 23.6 Å². The summed E-state index contributed by atoms with van der Waals surface area (Å²) in [6, 6.07) is 8.22. The third-order valence-corrected chi connectivity index (χ3v) is 7.16. The van der Waals surface area contributed by atoms with Gasteiger partial charge in [-0.1, -0.05) is 26.8 Å². The highest BCUT2D eigenvalue weighted by molar-refractivity contribution is 7.07. The molecule has 0 saturated carbocycles. The van der Waals surface area contributed by atoms with Crippen molar-refractivity contribution in [3.63, 3.8) is 0 Å². The van der Waals surface area contributed by atoms with E-state index in [-0.39, 0.29) is 37.0 Å². The maximum Gasteiger partial charge on any atom is 0.270 e. The summed E-state index contributed by atoms with van der Waals surface area (Å²) in [7, 11) is 0. The van der Waals surface area contributed by atoms with E-state index in [4.69, 9.17) is 18.9 Å². The van der Waals surface area contributed by atoms with Crippen LogP contribution in [0.1, 0.15) is 37.5 Å². The van der Waals surface area contributed by atoms with Crippen LogP contribution in [-0.4, -0.2) is 35.3 Å². The van der Waals surface area contributed by atoms with Crippen molar-refractivity contribution in [1.82, 2.24) is 4.57 Å². The van der Waals surface area contributed by atoms with Crippen molar-refractivity contribution in [2.45, 2.75) is 33.9 Å². The Morgan fingerprint density at radius 2 is 1.89 bits per heavy atom. The van der Waals surface area contributed by atoms with Gasteiger partial charge >= 0.3 is 0 Å². The average Bonchev–Trinajstić information content (AvgIpc) is 3.16. The lowest BCUT2D eigenvalue weighted by Gasteiger charge is -2.20. The number of fused-ring (bicyclic) bond motifs is 2. The molecule has 0 radical (unpaired) electrons. The van der Waals surface area contributed by atoms with Gasteiger partial charge in [0.05, 0.1) is 22.6 Å². The van der Waals surface area contributed by atoms with Crippen LogP contribution in [-0.2, 0) is 22.7 Å². The van der Waals surface area contributed by atoms with Crippen LogP contribution in [0.3, 0.4) is 0 Å². The van der Waals surface area contributed by atoms with Gasteiger partial charge in [-0.2, -0.15) is 0 Å². The lowest BCUT2D eigenvalue weighted by atomic mass is 9.91. The number of ether oxygens (including phenoxy) is 4. The number of benzene rings is 2. The predicted molar refractivity (Wildman–Crippen MR) is 140 cm³/mol. The van der Waals surface area contributed by atoms with Gasteiger partial charge in [0.2, 0.25) is 0 Å². The molecule has 38 heavy (non-hydrogen) atoms. The molecule has 2 aliphatic rings. The Morgan fingerprint density at radius 3 is 2.63 bits per heavy atom. The summed E-state index contributed by atoms with van der Waals surface area (Å²) in [6.07, 6.45) is 3.19. The minimum Gasteiger partial charge on any atom is -0.486 e. The molecule has 5 rings (SSSR count). The SMILES string of the molecule is CC(C)(C)C(=O)/C=c1\s/c(=C/c2ccc3c(c2)OCCO3)c(=O)n1Cc1cc([N+](=O)[O-])cc2c1OCOC2. The van der Waals surface area contributed by atoms with Gasteiger partial charge in [-0.25, -0.2) is 0 Å². The molecule has 0 saturated heterocycles. The summed E-state index contributed by atoms with van der Waals surface area (Å²) in [6.45, 7) is 6.46. The number of aromatic nitrogens is 1. The third kappa shape index (κ3) is 5.20. The highest BCUT2D eigenvalue weighted by atomic mass is 32.1. The second-order valence-electron chi connectivity index (χ2n) is 9.96. The van der Waals surface area contributed by atoms with Crippen molar-refractivity contribution in [3.8, 4) is 17.2 Å². The number of thiazole rings is 1. The highest BCUT2D eigenvalue weighted by Crippen LogP contribution is 2.33. The molecule has 0 fully saturated rings. The van der Waals surface area contributed by atoms with E-state index in [0.29, 0.717) is 50.8 Å². The fourth-order valence-electron chi connectivity index (χ4n) is 4.10. The number of carbonyl (C=O) groups excluding carboxylic acids is 1. The number of nitro benzene ring substituents is 1. The van der Waals surface area contributed by atoms with Crippen LogP contribution in [0.4, 0.5) is 5.69 Å². The molecule has 0 amide bonds. The number of ketones is 1. The number of non-ortho nitro benzene ring substituents is 1. The van der Waals surface area contributed by atoms with Crippen LogP contribution >= 0.6 is 11.3 Å². The second-order valence-corrected chi connectivity index (χ2v) is 11.0. The van der Waals surface area contributed by atoms with Gasteiger partial charge in [-0.05, 0) is 23.8 Å². The lowest BCUT2D eigenvalue weighted by molar-refractivity contribution is -0.385. The van der Waals surface area contributed by atoms with Crippen molar-refractivity contribution in [2.75, 3.05) is 20.0 Å². The molecule has 1 aromatic heterocycles. The Hall–Kier alpha value is -3.96. The monoisotopic (exact) mass is 538 g/mol. The molecule has 0 aliphatic carbocycles. The van der Waals surface area contributed by atoms with Gasteiger partial charge in [-0.3, -0.25) is 24.3 Å². The Balaban J connectivity index is 1.66. The molecule has 2 aromatic carbocycles. The van der Waals surface area contributed by atoms with E-state index in [2.05, 4.69) is 0 Å². The molecule has 3 heterocycles. The Bertz CT molecular complexity index is 1610. The molecule has 0 N–H and O–H groups in total. The number of Topliss-reactive ketones (excluding diaryl/α,β-unsaturated/α-hetero) is 1. The number of hydrogen-bond donors (Lipinski definition) is 0. The topological polar surface area (TPSA) is 119 Å². The average molecular weight is 539 g/mol. The number of hydrogen-bond acceptors (Lipinski definition) is 9. The van der Waals surface area contributed by atoms with Crippen molar-refractivity contribution in [1.29, 1.82) is 0 Å². The molecular weight excluding hydrogens is 512 g/mol. The molecule has 0 spiro atoms. The number of carbonyl (C=O) groups is 1. The van der Waals surface area contributed by atoms with E-state index in [1.54, 1.807) is 39.0 Å². The van der Waals surface area contributed by atoms with E-state index in [9.17, 15) is 19.7 Å². The molecule has 0 unspecified atom stereocenters. The summed E-state index contributed by atoms with van der Waals surface area (Å²) in [5, 5.41) is 11.6. The van der Waals surface area contributed by atoms with E-state index in [1.165, 1.54) is 34.1 Å². The highest BCUT2D eigenvalue weighted by Gasteiger charge is 2.23. The normalized spacial score (nSPS) is 15.7. The molecular formula is C27H26N2O8S. The van der Waals surface area contributed by atoms with Gasteiger partial charge < -0.3 is 18.9 Å². The van der Waals surface area contributed by atoms with Crippen molar-refractivity contribution in [3.05, 3.63) is 76.7 Å². The Morgan fingerprint density at radius 1 is 1.13 bits per heavy atom. The summed E-state index contributed by atoms with van der Waals surface area (Å²) < 4.78 is 24.5. The van der Waals surface area contributed by atoms with Crippen LogP contribution < -0.4 is 29.0 Å². The van der Waals surface area contributed by atoms with Gasteiger partial charge in [0.25, 0.3) is 11.2 Å². The van der Waals surface area contributed by atoms with E-state index in [1.807, 2.05) is 6.07 Å². The minimum absolute atomic E-state index is 0.000973. The van der Waals surface area contributed by atoms with Crippen LogP contribution in [0.25, 0.3) is 12.2 Å². The fraction of sp³-hybridized carbons (Fsp3) is 0.333. The molecule has 0 bridgehead atoms. The standard InChI is InChI=1S/C27H26N2O8S/c1-27(2,3)23(30)12-24-28(13-17-10-19(29(32)33)11-18-14-34-15-37-25(17)18)26(31)22(38-24)9-16-4-5-20-21(8-16)36-7-6-35-20/h4-5,8-12H,6-7,13-15H2,1-3H3/b22-9+,24-12-. The largest absolute Gasteiger partial charge is 0.486 e. The number of nitro groups is 1. The van der Waals surface area contributed by atoms with Crippen LogP contribution in [0.15, 0.2) is 35.1 Å². The number of rotatable bonds is 5. The lowest BCUT2D eigenvalue weighted by Crippen LogP contribution is -2.33. The van der Waals surface area contributed by atoms with Crippen molar-refractivity contribution >= 4 is 35.0 Å². The first-order valence-corrected chi connectivity index (χ1v) is 12.8. The Labute approximate surface area is 221 Å². The van der Waals surface area contributed by atoms with E-state index in [0.717, 1.165) is 5.56 Å². The minimum atomic E-state index is -0.657. The van der Waals surface area contributed by atoms with Crippen molar-refractivity contribution < 1.29 is 28.7 Å². The van der Waals surface area contributed by atoms with Gasteiger partial charge in [0.15, 0.2) is 24.1 Å². The zero-order chi connectivity index (χ0) is 27.0. The van der Waals surface area contributed by atoms with Crippen molar-refractivity contribution in [2.24, 2.45) is 5.41 Å². The maximum absolute atomic E-state index is 13.7. The van der Waals surface area contributed by atoms with E-state index >= 15 is 0 Å².